The lowest BCUT2D eigenvalue weighted by atomic mass is 10.4. The van der Waals surface area contributed by atoms with Gasteiger partial charge in [0.2, 0.25) is 5.91 Å². The Balaban J connectivity index is 3.99. The van der Waals surface area contributed by atoms with Crippen LogP contribution in [0.3, 0.4) is 0 Å². The minimum Gasteiger partial charge on any atom is -0.324 e. The third kappa shape index (κ3) is 4.52. The zero-order valence-corrected chi connectivity index (χ0v) is 8.47. The second kappa shape index (κ2) is 5.59. The lowest BCUT2D eigenvalue weighted by Gasteiger charge is -2.15. The van der Waals surface area contributed by atoms with E-state index in [-0.39, 0.29) is 0 Å². The van der Waals surface area contributed by atoms with Crippen LogP contribution in [0.15, 0.2) is 12.7 Å². The van der Waals surface area contributed by atoms with Crippen molar-refractivity contribution in [2.75, 3.05) is 13.6 Å². The average molecular weight is 205 g/mol. The van der Waals surface area contributed by atoms with Crippen LogP contribution in [0.2, 0.25) is 0 Å². The molecule has 0 bridgehead atoms. The van der Waals surface area contributed by atoms with Crippen molar-refractivity contribution < 1.29 is 9.59 Å². The molecule has 0 heterocycles. The number of nitrogens with one attached hydrogen (secondary N) is 1. The van der Waals surface area contributed by atoms with E-state index >= 15 is 0 Å². The van der Waals surface area contributed by atoms with E-state index in [0.29, 0.717) is 6.54 Å². The summed E-state index contributed by atoms with van der Waals surface area (Å²) in [5.41, 5.74) is 0. The first-order valence-electron chi connectivity index (χ1n) is 3.80. The SMILES string of the molecule is C=CCN(C)C(=O)NC(=O)C(C)Cl. The number of urea groups is 1. The van der Waals surface area contributed by atoms with E-state index in [4.69, 9.17) is 11.6 Å². The Morgan fingerprint density at radius 3 is 2.62 bits per heavy atom. The summed E-state index contributed by atoms with van der Waals surface area (Å²) in [6.07, 6.45) is 1.56. The molecule has 0 aliphatic heterocycles. The molecule has 0 spiro atoms. The van der Waals surface area contributed by atoms with Crippen LogP contribution in [0, 0.1) is 0 Å². The lowest BCUT2D eigenvalue weighted by Crippen LogP contribution is -2.43. The van der Waals surface area contributed by atoms with E-state index in [1.165, 1.54) is 11.8 Å². The van der Waals surface area contributed by atoms with Crippen molar-refractivity contribution in [3.05, 3.63) is 12.7 Å². The number of imide groups is 1. The summed E-state index contributed by atoms with van der Waals surface area (Å²) in [5.74, 6) is -0.498. The maximum absolute atomic E-state index is 11.1. The Morgan fingerprint density at radius 2 is 2.23 bits per heavy atom. The van der Waals surface area contributed by atoms with Gasteiger partial charge in [-0.05, 0) is 6.92 Å². The number of hydrogen-bond acceptors (Lipinski definition) is 2. The minimum absolute atomic E-state index is 0.385. The van der Waals surface area contributed by atoms with Gasteiger partial charge < -0.3 is 4.90 Å². The minimum atomic E-state index is -0.707. The van der Waals surface area contributed by atoms with Gasteiger partial charge in [-0.25, -0.2) is 4.79 Å². The van der Waals surface area contributed by atoms with Crippen LogP contribution < -0.4 is 5.32 Å². The molecule has 1 atom stereocenters. The zero-order valence-electron chi connectivity index (χ0n) is 7.71. The molecule has 1 unspecified atom stereocenters. The number of amides is 3. The first-order chi connectivity index (χ1) is 5.99. The molecule has 0 aliphatic rings. The lowest BCUT2D eigenvalue weighted by molar-refractivity contribution is -0.119. The van der Waals surface area contributed by atoms with Crippen LogP contribution in [-0.4, -0.2) is 35.8 Å². The van der Waals surface area contributed by atoms with Gasteiger partial charge in [0.1, 0.15) is 5.38 Å². The topological polar surface area (TPSA) is 49.4 Å². The van der Waals surface area contributed by atoms with Crippen molar-refractivity contribution in [1.82, 2.24) is 10.2 Å². The smallest absolute Gasteiger partial charge is 0.324 e. The molecule has 4 nitrogen and oxygen atoms in total. The Kier molecular flexibility index (Phi) is 5.14. The highest BCUT2D eigenvalue weighted by atomic mass is 35.5. The number of nitrogens with zero attached hydrogens (tertiary/aromatic N) is 1. The Bertz CT molecular complexity index is 216. The van der Waals surface area contributed by atoms with Gasteiger partial charge >= 0.3 is 6.03 Å². The molecule has 0 saturated carbocycles. The van der Waals surface area contributed by atoms with Crippen LogP contribution in [0.5, 0.6) is 0 Å². The molecule has 0 aliphatic carbocycles. The van der Waals surface area contributed by atoms with Crippen molar-refractivity contribution in [2.45, 2.75) is 12.3 Å². The second-order valence-electron chi connectivity index (χ2n) is 2.58. The van der Waals surface area contributed by atoms with E-state index < -0.39 is 17.3 Å². The highest BCUT2D eigenvalue weighted by Crippen LogP contribution is 1.93. The molecule has 1 N–H and O–H groups in total. The highest BCUT2D eigenvalue weighted by molar-refractivity contribution is 6.31. The van der Waals surface area contributed by atoms with Crippen molar-refractivity contribution in [3.8, 4) is 0 Å². The molecule has 0 rings (SSSR count). The first kappa shape index (κ1) is 12.0. The summed E-state index contributed by atoms with van der Waals surface area (Å²) in [4.78, 5) is 23.4. The molecule has 0 aromatic rings. The Labute approximate surface area is 82.5 Å². The molecule has 0 aromatic heterocycles. The van der Waals surface area contributed by atoms with Gasteiger partial charge in [-0.3, -0.25) is 10.1 Å². The number of likely N-dealkylation sites (N-methyl/N-ethyl adjacent to an activating group) is 1. The van der Waals surface area contributed by atoms with Gasteiger partial charge in [0, 0.05) is 13.6 Å². The van der Waals surface area contributed by atoms with Gasteiger partial charge in [0.15, 0.2) is 0 Å². The fraction of sp³-hybridized carbons (Fsp3) is 0.500. The van der Waals surface area contributed by atoms with E-state index in [0.717, 1.165) is 0 Å². The second-order valence-corrected chi connectivity index (χ2v) is 3.23. The molecule has 0 fully saturated rings. The molecule has 0 aromatic carbocycles. The summed E-state index contributed by atoms with van der Waals surface area (Å²) in [5, 5.41) is 1.42. The normalized spacial score (nSPS) is 11.6. The van der Waals surface area contributed by atoms with Gasteiger partial charge in [-0.2, -0.15) is 0 Å². The van der Waals surface area contributed by atoms with Crippen LogP contribution in [0.1, 0.15) is 6.92 Å². The summed E-state index contributed by atoms with van der Waals surface area (Å²) in [6, 6.07) is -0.475. The molecule has 5 heteroatoms. The zero-order chi connectivity index (χ0) is 10.4. The van der Waals surface area contributed by atoms with Gasteiger partial charge in [-0.15, -0.1) is 18.2 Å². The summed E-state index contributed by atoms with van der Waals surface area (Å²) in [6.45, 7) is 5.35. The highest BCUT2D eigenvalue weighted by Gasteiger charge is 2.14. The predicted octanol–water partition coefficient (Wildman–Crippen LogP) is 0.968. The van der Waals surface area contributed by atoms with Gasteiger partial charge in [0.25, 0.3) is 0 Å². The maximum atomic E-state index is 11.1. The fourth-order valence-corrected chi connectivity index (χ4v) is 0.631. The van der Waals surface area contributed by atoms with E-state index in [2.05, 4.69) is 11.9 Å². The average Bonchev–Trinajstić information content (AvgIpc) is 2.04. The van der Waals surface area contributed by atoms with Gasteiger partial charge in [-0.1, -0.05) is 6.08 Å². The van der Waals surface area contributed by atoms with E-state index in [1.54, 1.807) is 13.1 Å². The van der Waals surface area contributed by atoms with Crippen LogP contribution >= 0.6 is 11.6 Å². The molecule has 13 heavy (non-hydrogen) atoms. The summed E-state index contributed by atoms with van der Waals surface area (Å²) < 4.78 is 0. The molecular formula is C8H13ClN2O2. The summed E-state index contributed by atoms with van der Waals surface area (Å²) >= 11 is 5.45. The Morgan fingerprint density at radius 1 is 1.69 bits per heavy atom. The van der Waals surface area contributed by atoms with Crippen molar-refractivity contribution in [1.29, 1.82) is 0 Å². The molecule has 3 amide bonds. The summed E-state index contributed by atoms with van der Waals surface area (Å²) in [7, 11) is 1.56. The number of halogens is 1. The number of rotatable bonds is 3. The number of carbonyl (C=O) groups is 2. The third-order valence-electron chi connectivity index (χ3n) is 1.34. The number of carbonyl (C=O) groups excluding carboxylic acids is 2. The van der Waals surface area contributed by atoms with Crippen molar-refractivity contribution >= 4 is 23.5 Å². The third-order valence-corrected chi connectivity index (χ3v) is 1.54. The van der Waals surface area contributed by atoms with Crippen molar-refractivity contribution in [3.63, 3.8) is 0 Å². The number of alkyl halides is 1. The first-order valence-corrected chi connectivity index (χ1v) is 4.23. The van der Waals surface area contributed by atoms with Crippen LogP contribution in [-0.2, 0) is 4.79 Å². The monoisotopic (exact) mass is 204 g/mol. The van der Waals surface area contributed by atoms with E-state index in [1.807, 2.05) is 0 Å². The molecule has 74 valence electrons. The van der Waals surface area contributed by atoms with E-state index in [9.17, 15) is 9.59 Å². The number of hydrogen-bond donors (Lipinski definition) is 1. The molecular weight excluding hydrogens is 192 g/mol. The van der Waals surface area contributed by atoms with Gasteiger partial charge in [0.05, 0.1) is 0 Å². The van der Waals surface area contributed by atoms with Crippen LogP contribution in [0.4, 0.5) is 4.79 Å². The largest absolute Gasteiger partial charge is 0.324 e. The fourth-order valence-electron chi connectivity index (χ4n) is 0.577. The standard InChI is InChI=1S/C8H13ClN2O2/c1-4-5-11(3)8(13)10-7(12)6(2)9/h4,6H,1,5H2,2-3H3,(H,10,12,13). The van der Waals surface area contributed by atoms with Crippen molar-refractivity contribution in [2.24, 2.45) is 0 Å². The molecule has 0 radical (unpaired) electrons. The Hall–Kier alpha value is -1.03. The quantitative estimate of drug-likeness (QED) is 0.550. The molecule has 0 saturated heterocycles. The van der Waals surface area contributed by atoms with Crippen LogP contribution in [0.25, 0.3) is 0 Å². The maximum Gasteiger partial charge on any atom is 0.324 e. The predicted molar refractivity (Wildman–Crippen MR) is 51.7 cm³/mol.